The van der Waals surface area contributed by atoms with Crippen molar-refractivity contribution in [1.82, 2.24) is 14.7 Å². The van der Waals surface area contributed by atoms with Gasteiger partial charge in [0.25, 0.3) is 0 Å². The molecule has 4 rings (SSSR count). The van der Waals surface area contributed by atoms with Crippen LogP contribution in [0.1, 0.15) is 36.0 Å². The molecule has 2 aromatic carbocycles. The first kappa shape index (κ1) is 24.6. The van der Waals surface area contributed by atoms with E-state index in [2.05, 4.69) is 22.1 Å². The number of aryl methyl sites for hydroxylation is 2. The van der Waals surface area contributed by atoms with E-state index in [0.717, 1.165) is 55.9 Å². The van der Waals surface area contributed by atoms with Crippen LogP contribution in [0.4, 0.5) is 0 Å². The average Bonchev–Trinajstić information content (AvgIpc) is 3.14. The maximum absolute atomic E-state index is 11.1. The van der Waals surface area contributed by atoms with E-state index in [1.54, 1.807) is 0 Å². The number of aromatic nitrogens is 2. The number of halogens is 1. The monoisotopic (exact) mass is 483 g/mol. The molecular formula is C27H34ClN3O3. The Bertz CT molecular complexity index is 1070. The van der Waals surface area contributed by atoms with Gasteiger partial charge in [0.05, 0.1) is 23.4 Å². The highest BCUT2D eigenvalue weighted by atomic mass is 35.5. The van der Waals surface area contributed by atoms with E-state index < -0.39 is 5.60 Å². The quantitative estimate of drug-likeness (QED) is 0.462. The van der Waals surface area contributed by atoms with E-state index in [9.17, 15) is 5.11 Å². The predicted octanol–water partition coefficient (Wildman–Crippen LogP) is 5.03. The van der Waals surface area contributed by atoms with E-state index in [4.69, 9.17) is 21.1 Å². The summed E-state index contributed by atoms with van der Waals surface area (Å²) in [6.07, 6.45) is 6.18. The van der Waals surface area contributed by atoms with Crippen LogP contribution in [0, 0.1) is 13.8 Å². The van der Waals surface area contributed by atoms with Gasteiger partial charge in [-0.05, 0) is 80.6 Å². The third kappa shape index (κ3) is 6.98. The molecule has 1 atom stereocenters. The lowest BCUT2D eigenvalue weighted by molar-refractivity contribution is -0.0168. The lowest BCUT2D eigenvalue weighted by atomic mass is 9.96. The standard InChI is InChI=1S/C27H34ClN3O3/c1-21-4-9-25(28)26(16-21)34-20-27(32)10-3-12-30(13-11-27)19-23-5-7-24(8-6-23)33-15-14-31-18-22(2)17-29-31/h4-9,16-18,32H,3,10-15,19-20H2,1-2H3/t27-/m0/s1. The summed E-state index contributed by atoms with van der Waals surface area (Å²) in [5.41, 5.74) is 2.64. The van der Waals surface area contributed by atoms with Crippen LogP contribution >= 0.6 is 11.6 Å². The molecule has 1 fully saturated rings. The molecular weight excluding hydrogens is 450 g/mol. The molecule has 1 aliphatic rings. The second-order valence-corrected chi connectivity index (χ2v) is 9.76. The number of likely N-dealkylation sites (tertiary alicyclic amines) is 1. The minimum Gasteiger partial charge on any atom is -0.492 e. The van der Waals surface area contributed by atoms with E-state index in [1.165, 1.54) is 5.56 Å². The number of ether oxygens (including phenoxy) is 2. The van der Waals surface area contributed by atoms with Crippen LogP contribution in [0.2, 0.25) is 5.02 Å². The van der Waals surface area contributed by atoms with Crippen LogP contribution in [-0.4, -0.2) is 51.7 Å². The molecule has 0 aliphatic carbocycles. The number of hydrogen-bond acceptors (Lipinski definition) is 5. The van der Waals surface area contributed by atoms with Crippen molar-refractivity contribution in [2.24, 2.45) is 0 Å². The normalized spacial score (nSPS) is 19.1. The van der Waals surface area contributed by atoms with Crippen LogP contribution in [0.15, 0.2) is 54.9 Å². The summed E-state index contributed by atoms with van der Waals surface area (Å²) in [5.74, 6) is 1.50. The third-order valence-electron chi connectivity index (χ3n) is 6.27. The highest BCUT2D eigenvalue weighted by Crippen LogP contribution is 2.29. The summed E-state index contributed by atoms with van der Waals surface area (Å²) >= 11 is 6.25. The summed E-state index contributed by atoms with van der Waals surface area (Å²) in [7, 11) is 0. The van der Waals surface area contributed by atoms with Crippen molar-refractivity contribution >= 4 is 11.6 Å². The molecule has 7 heteroatoms. The zero-order valence-corrected chi connectivity index (χ0v) is 20.8. The van der Waals surface area contributed by atoms with Gasteiger partial charge in [-0.15, -0.1) is 0 Å². The number of rotatable bonds is 9. The fourth-order valence-corrected chi connectivity index (χ4v) is 4.44. The first-order chi connectivity index (χ1) is 16.4. The average molecular weight is 484 g/mol. The minimum atomic E-state index is -0.841. The molecule has 1 aliphatic heterocycles. The SMILES string of the molecule is Cc1ccc(Cl)c(OC[C@]2(O)CCCN(Cc3ccc(OCCn4cc(C)cn4)cc3)CC2)c1. The number of nitrogens with zero attached hydrogens (tertiary/aromatic N) is 3. The van der Waals surface area contributed by atoms with Gasteiger partial charge >= 0.3 is 0 Å². The molecule has 1 N–H and O–H groups in total. The van der Waals surface area contributed by atoms with Crippen LogP contribution in [0.5, 0.6) is 11.5 Å². The summed E-state index contributed by atoms with van der Waals surface area (Å²) in [6, 6.07) is 14.0. The molecule has 3 aromatic rings. The maximum Gasteiger partial charge on any atom is 0.138 e. The van der Waals surface area contributed by atoms with Crippen molar-refractivity contribution in [2.75, 3.05) is 26.3 Å². The second-order valence-electron chi connectivity index (χ2n) is 9.35. The molecule has 0 unspecified atom stereocenters. The molecule has 0 radical (unpaired) electrons. The molecule has 1 saturated heterocycles. The molecule has 6 nitrogen and oxygen atoms in total. The van der Waals surface area contributed by atoms with Crippen LogP contribution < -0.4 is 9.47 Å². The number of benzene rings is 2. The van der Waals surface area contributed by atoms with Gasteiger partial charge in [-0.3, -0.25) is 9.58 Å². The number of hydrogen-bond donors (Lipinski definition) is 1. The second kappa shape index (κ2) is 11.3. The Labute approximate surface area is 207 Å². The van der Waals surface area contributed by atoms with Gasteiger partial charge in [0.2, 0.25) is 0 Å². The number of aliphatic hydroxyl groups is 1. The van der Waals surface area contributed by atoms with E-state index >= 15 is 0 Å². The molecule has 0 bridgehead atoms. The zero-order valence-electron chi connectivity index (χ0n) is 20.0. The van der Waals surface area contributed by atoms with Gasteiger partial charge in [-0.2, -0.15) is 5.10 Å². The molecule has 2 heterocycles. The predicted molar refractivity (Wildman–Crippen MR) is 135 cm³/mol. The van der Waals surface area contributed by atoms with E-state index in [0.29, 0.717) is 23.8 Å². The zero-order chi connectivity index (χ0) is 24.0. The van der Waals surface area contributed by atoms with Crippen molar-refractivity contribution in [3.05, 3.63) is 76.6 Å². The molecule has 0 spiro atoms. The highest BCUT2D eigenvalue weighted by Gasteiger charge is 2.31. The van der Waals surface area contributed by atoms with Crippen LogP contribution in [0.3, 0.4) is 0 Å². The maximum atomic E-state index is 11.1. The Morgan fingerprint density at radius 3 is 2.62 bits per heavy atom. The Morgan fingerprint density at radius 2 is 1.85 bits per heavy atom. The van der Waals surface area contributed by atoms with Gasteiger partial charge in [0.1, 0.15) is 24.7 Å². The van der Waals surface area contributed by atoms with Gasteiger partial charge in [-0.1, -0.05) is 29.8 Å². The van der Waals surface area contributed by atoms with Crippen molar-refractivity contribution in [2.45, 2.75) is 51.8 Å². The van der Waals surface area contributed by atoms with E-state index in [1.807, 2.05) is 61.3 Å². The minimum absolute atomic E-state index is 0.258. The Hall–Kier alpha value is -2.54. The molecule has 182 valence electrons. The first-order valence-corrected chi connectivity index (χ1v) is 12.3. The molecule has 1 aromatic heterocycles. The smallest absolute Gasteiger partial charge is 0.138 e. The molecule has 34 heavy (non-hydrogen) atoms. The summed E-state index contributed by atoms with van der Waals surface area (Å²) < 4.78 is 13.7. The Kier molecular flexibility index (Phi) is 8.14. The van der Waals surface area contributed by atoms with Crippen LogP contribution in [-0.2, 0) is 13.1 Å². The van der Waals surface area contributed by atoms with Crippen molar-refractivity contribution in [3.8, 4) is 11.5 Å². The lowest BCUT2D eigenvalue weighted by Crippen LogP contribution is -2.37. The lowest BCUT2D eigenvalue weighted by Gasteiger charge is -2.27. The fraction of sp³-hybridized carbons (Fsp3) is 0.444. The Morgan fingerprint density at radius 1 is 1.03 bits per heavy atom. The van der Waals surface area contributed by atoms with Gasteiger partial charge < -0.3 is 14.6 Å². The summed E-state index contributed by atoms with van der Waals surface area (Å²) in [5, 5.41) is 16.0. The van der Waals surface area contributed by atoms with Gasteiger partial charge in [0.15, 0.2) is 0 Å². The van der Waals surface area contributed by atoms with Gasteiger partial charge in [0, 0.05) is 19.3 Å². The largest absolute Gasteiger partial charge is 0.492 e. The highest BCUT2D eigenvalue weighted by molar-refractivity contribution is 6.32. The van der Waals surface area contributed by atoms with Crippen LogP contribution in [0.25, 0.3) is 0 Å². The fourth-order valence-electron chi connectivity index (χ4n) is 4.27. The van der Waals surface area contributed by atoms with Crippen molar-refractivity contribution in [1.29, 1.82) is 0 Å². The summed E-state index contributed by atoms with van der Waals surface area (Å²) in [6.45, 7) is 8.23. The third-order valence-corrected chi connectivity index (χ3v) is 6.59. The molecule has 0 saturated carbocycles. The molecule has 0 amide bonds. The van der Waals surface area contributed by atoms with Crippen molar-refractivity contribution in [3.63, 3.8) is 0 Å². The topological polar surface area (TPSA) is 59.8 Å². The Balaban J connectivity index is 1.23. The summed E-state index contributed by atoms with van der Waals surface area (Å²) in [4.78, 5) is 2.40. The van der Waals surface area contributed by atoms with Gasteiger partial charge in [-0.25, -0.2) is 0 Å². The first-order valence-electron chi connectivity index (χ1n) is 11.9. The van der Waals surface area contributed by atoms with Crippen molar-refractivity contribution < 1.29 is 14.6 Å². The van der Waals surface area contributed by atoms with E-state index in [-0.39, 0.29) is 6.61 Å².